The van der Waals surface area contributed by atoms with Gasteiger partial charge in [0.15, 0.2) is 0 Å². The molecule has 0 N–H and O–H groups in total. The van der Waals surface area contributed by atoms with Gasteiger partial charge in [0.05, 0.1) is 22.5 Å². The third kappa shape index (κ3) is 3.68. The van der Waals surface area contributed by atoms with E-state index in [1.807, 2.05) is 31.2 Å². The van der Waals surface area contributed by atoms with Crippen LogP contribution in [0.1, 0.15) is 16.7 Å². The Morgan fingerprint density at radius 1 is 0.933 bits per heavy atom. The average Bonchev–Trinajstić information content (AvgIpc) is 2.96. The highest BCUT2D eigenvalue weighted by atomic mass is 32.2. The summed E-state index contributed by atoms with van der Waals surface area (Å²) in [5.74, 6) is -0.292. The first-order valence-corrected chi connectivity index (χ1v) is 11.0. The Hall–Kier alpha value is -3.19. The highest BCUT2D eigenvalue weighted by Gasteiger charge is 2.16. The van der Waals surface area contributed by atoms with Crippen LogP contribution in [0.25, 0.3) is 11.0 Å². The van der Waals surface area contributed by atoms with E-state index in [1.54, 1.807) is 47.4 Å². The first kappa shape index (κ1) is 20.1. The predicted octanol–water partition coefficient (Wildman–Crippen LogP) is 4.07. The van der Waals surface area contributed by atoms with Crippen molar-refractivity contribution in [2.75, 3.05) is 0 Å². The normalized spacial score (nSPS) is 12.6. The van der Waals surface area contributed by atoms with Gasteiger partial charge in [-0.1, -0.05) is 36.4 Å². The summed E-state index contributed by atoms with van der Waals surface area (Å²) in [6, 6.07) is 19.0. The average molecular weight is 424 g/mol. The van der Waals surface area contributed by atoms with Crippen molar-refractivity contribution >= 4 is 21.1 Å². The molecule has 0 atom stereocenters. The lowest BCUT2D eigenvalue weighted by Crippen LogP contribution is -2.26. The molecule has 0 unspecified atom stereocenters. The summed E-state index contributed by atoms with van der Waals surface area (Å²) < 4.78 is 47.7. The quantitative estimate of drug-likeness (QED) is 0.497. The zero-order chi connectivity index (χ0) is 21.5. The summed E-state index contributed by atoms with van der Waals surface area (Å²) in [7, 11) is -2.13. The van der Waals surface area contributed by atoms with Crippen LogP contribution in [0, 0.1) is 19.7 Å². The van der Waals surface area contributed by atoms with Crippen LogP contribution in [0.5, 0.6) is 0 Å². The number of aryl methyl sites for hydroxylation is 3. The lowest BCUT2D eigenvalue weighted by atomic mass is 10.1. The molecule has 7 heteroatoms. The molecule has 0 radical (unpaired) electrons. The minimum atomic E-state index is -3.91. The summed E-state index contributed by atoms with van der Waals surface area (Å²) >= 11 is 0. The molecule has 4 rings (SSSR count). The van der Waals surface area contributed by atoms with E-state index in [0.717, 1.165) is 22.2 Å². The highest BCUT2D eigenvalue weighted by Crippen LogP contribution is 2.18. The molecule has 0 aliphatic rings. The second-order valence-corrected chi connectivity index (χ2v) is 9.00. The van der Waals surface area contributed by atoms with E-state index in [-0.39, 0.29) is 16.3 Å². The maximum atomic E-state index is 14.1. The van der Waals surface area contributed by atoms with Gasteiger partial charge in [-0.25, -0.2) is 4.39 Å². The van der Waals surface area contributed by atoms with Crippen LogP contribution in [0.2, 0.25) is 0 Å². The van der Waals surface area contributed by atoms with Crippen LogP contribution < -0.4 is 5.62 Å². The number of hydrogen-bond acceptors (Lipinski definition) is 2. The van der Waals surface area contributed by atoms with Gasteiger partial charge in [-0.3, -0.25) is 0 Å². The minimum absolute atomic E-state index is 0.124. The Labute approximate surface area is 174 Å². The van der Waals surface area contributed by atoms with E-state index in [4.69, 9.17) is 0 Å². The van der Waals surface area contributed by atoms with Crippen LogP contribution in [-0.4, -0.2) is 17.6 Å². The van der Waals surface area contributed by atoms with Gasteiger partial charge in [0, 0.05) is 7.05 Å². The molecule has 1 heterocycles. The van der Waals surface area contributed by atoms with E-state index in [0.29, 0.717) is 12.1 Å². The number of benzene rings is 3. The van der Waals surface area contributed by atoms with Crippen molar-refractivity contribution < 1.29 is 12.8 Å². The largest absolute Gasteiger partial charge is 0.312 e. The molecule has 1 aromatic heterocycles. The number of fused-ring (bicyclic) bond motifs is 1. The topological polar surface area (TPSA) is 56.4 Å². The Kier molecular flexibility index (Phi) is 5.07. The third-order valence-electron chi connectivity index (χ3n) is 5.14. The van der Waals surface area contributed by atoms with E-state index in [2.05, 4.69) is 4.40 Å². The van der Waals surface area contributed by atoms with E-state index < -0.39 is 10.0 Å². The van der Waals surface area contributed by atoms with Gasteiger partial charge in [0.1, 0.15) is 5.82 Å². The van der Waals surface area contributed by atoms with Gasteiger partial charge in [-0.15, -0.1) is 4.40 Å². The van der Waals surface area contributed by atoms with Crippen LogP contribution >= 0.6 is 0 Å². The molecule has 0 amide bonds. The van der Waals surface area contributed by atoms with Crippen LogP contribution in [0.15, 0.2) is 76.0 Å². The van der Waals surface area contributed by atoms with Crippen LogP contribution in [-0.2, 0) is 23.6 Å². The lowest BCUT2D eigenvalue weighted by Gasteiger charge is -2.07. The molecular weight excluding hydrogens is 401 g/mol. The fourth-order valence-electron chi connectivity index (χ4n) is 3.46. The molecule has 0 aliphatic carbocycles. The van der Waals surface area contributed by atoms with Gasteiger partial charge < -0.3 is 9.13 Å². The number of imidazole rings is 1. The first-order chi connectivity index (χ1) is 14.3. The maximum absolute atomic E-state index is 14.1. The molecule has 154 valence electrons. The van der Waals surface area contributed by atoms with E-state index >= 15 is 0 Å². The van der Waals surface area contributed by atoms with Gasteiger partial charge in [0.25, 0.3) is 10.0 Å². The van der Waals surface area contributed by atoms with Gasteiger partial charge >= 0.3 is 0 Å². The Morgan fingerprint density at radius 2 is 1.67 bits per heavy atom. The summed E-state index contributed by atoms with van der Waals surface area (Å²) in [5.41, 5.74) is 4.30. The molecule has 30 heavy (non-hydrogen) atoms. The van der Waals surface area contributed by atoms with Gasteiger partial charge in [0.2, 0.25) is 5.62 Å². The molecule has 0 spiro atoms. The Balaban J connectivity index is 1.98. The number of halogens is 1. The molecule has 5 nitrogen and oxygen atoms in total. The molecule has 4 aromatic rings. The van der Waals surface area contributed by atoms with Crippen molar-refractivity contribution in [1.29, 1.82) is 0 Å². The molecule has 0 aliphatic heterocycles. The lowest BCUT2D eigenvalue weighted by molar-refractivity contribution is 0.592. The van der Waals surface area contributed by atoms with Crippen molar-refractivity contribution in [3.63, 3.8) is 0 Å². The summed E-state index contributed by atoms with van der Waals surface area (Å²) in [4.78, 5) is 0.124. The zero-order valence-electron chi connectivity index (χ0n) is 17.0. The monoisotopic (exact) mass is 423 g/mol. The molecule has 0 fully saturated rings. The van der Waals surface area contributed by atoms with Crippen molar-refractivity contribution in [2.24, 2.45) is 11.4 Å². The SMILES string of the molecule is Cc1ccc2c(c1)n(C)/c(=N/S(=O)(=O)c1ccccc1)n2Cc1ccc(C)c(F)c1. The van der Waals surface area contributed by atoms with Crippen LogP contribution in [0.3, 0.4) is 0 Å². The van der Waals surface area contributed by atoms with Crippen molar-refractivity contribution in [2.45, 2.75) is 25.3 Å². The fraction of sp³-hybridized carbons (Fsp3) is 0.174. The Bertz CT molecular complexity index is 1420. The molecule has 0 saturated carbocycles. The zero-order valence-corrected chi connectivity index (χ0v) is 17.8. The van der Waals surface area contributed by atoms with Crippen molar-refractivity contribution in [3.05, 3.63) is 94.9 Å². The standard InChI is InChI=1S/C23H22FN3O2S/c1-16-9-12-21-22(13-16)26(3)23(25-30(28,29)19-7-5-4-6-8-19)27(21)15-18-11-10-17(2)20(24)14-18/h4-14H,15H2,1-3H3/b25-23-. The van der Waals surface area contributed by atoms with E-state index in [9.17, 15) is 12.8 Å². The molecule has 0 bridgehead atoms. The van der Waals surface area contributed by atoms with Crippen molar-refractivity contribution in [1.82, 2.24) is 9.13 Å². The smallest absolute Gasteiger partial charge is 0.285 e. The first-order valence-electron chi connectivity index (χ1n) is 9.53. The molecular formula is C23H22FN3O2S. The number of hydrogen-bond donors (Lipinski definition) is 0. The maximum Gasteiger partial charge on any atom is 0.285 e. The number of rotatable bonds is 4. The summed E-state index contributed by atoms with van der Waals surface area (Å²) in [6.45, 7) is 3.98. The Morgan fingerprint density at radius 3 is 2.37 bits per heavy atom. The molecule has 3 aromatic carbocycles. The second kappa shape index (κ2) is 7.57. The number of aromatic nitrogens is 2. The van der Waals surface area contributed by atoms with Gasteiger partial charge in [-0.2, -0.15) is 8.42 Å². The fourth-order valence-corrected chi connectivity index (χ4v) is 4.51. The van der Waals surface area contributed by atoms with Crippen molar-refractivity contribution in [3.8, 4) is 0 Å². The van der Waals surface area contributed by atoms with Gasteiger partial charge in [-0.05, 0) is 60.9 Å². The second-order valence-electron chi connectivity index (χ2n) is 7.40. The van der Waals surface area contributed by atoms with E-state index in [1.165, 1.54) is 18.2 Å². The summed E-state index contributed by atoms with van der Waals surface area (Å²) in [5, 5.41) is 0. The summed E-state index contributed by atoms with van der Waals surface area (Å²) in [6.07, 6.45) is 0. The minimum Gasteiger partial charge on any atom is -0.312 e. The predicted molar refractivity (Wildman–Crippen MR) is 115 cm³/mol. The third-order valence-corrected chi connectivity index (χ3v) is 6.42. The number of nitrogens with zero attached hydrogens (tertiary/aromatic N) is 3. The highest BCUT2D eigenvalue weighted by molar-refractivity contribution is 7.90. The number of sulfonamides is 1. The molecule has 0 saturated heterocycles. The van der Waals surface area contributed by atoms with Crippen LogP contribution in [0.4, 0.5) is 4.39 Å².